The maximum atomic E-state index is 5.51. The monoisotopic (exact) mass is 245 g/mol. The fraction of sp³-hybridized carbons (Fsp3) is 0.357. The quantitative estimate of drug-likeness (QED) is 0.849. The van der Waals surface area contributed by atoms with Crippen LogP contribution in [0.15, 0.2) is 24.3 Å². The Morgan fingerprint density at radius 1 is 1.39 bits per heavy atom. The van der Waals surface area contributed by atoms with Crippen molar-refractivity contribution in [2.75, 3.05) is 13.7 Å². The second-order valence-corrected chi connectivity index (χ2v) is 4.28. The first-order valence-electron chi connectivity index (χ1n) is 6.14. The molecule has 0 amide bonds. The number of aromatic amines is 1. The van der Waals surface area contributed by atoms with Crippen LogP contribution in [0, 0.1) is 6.92 Å². The van der Waals surface area contributed by atoms with Crippen molar-refractivity contribution in [3.05, 3.63) is 35.8 Å². The summed E-state index contributed by atoms with van der Waals surface area (Å²) >= 11 is 0. The SMILES string of the molecule is COc1cccc(-c2nc(CCCN)[nH]c2C)c1. The van der Waals surface area contributed by atoms with Crippen LogP contribution in [0.4, 0.5) is 0 Å². The zero-order valence-electron chi connectivity index (χ0n) is 10.9. The van der Waals surface area contributed by atoms with Crippen molar-refractivity contribution in [1.82, 2.24) is 9.97 Å². The highest BCUT2D eigenvalue weighted by Crippen LogP contribution is 2.25. The molecule has 4 heteroatoms. The molecule has 0 radical (unpaired) electrons. The highest BCUT2D eigenvalue weighted by Gasteiger charge is 2.09. The number of hydrogen-bond donors (Lipinski definition) is 2. The average Bonchev–Trinajstić information content (AvgIpc) is 2.77. The van der Waals surface area contributed by atoms with Crippen molar-refractivity contribution < 1.29 is 4.74 Å². The van der Waals surface area contributed by atoms with E-state index in [9.17, 15) is 0 Å². The lowest BCUT2D eigenvalue weighted by Crippen LogP contribution is -2.01. The van der Waals surface area contributed by atoms with Crippen LogP contribution in [0.1, 0.15) is 17.9 Å². The zero-order valence-corrected chi connectivity index (χ0v) is 10.9. The standard InChI is InChI=1S/C14H19N3O/c1-10-14(17-13(16-10)7-4-8-15)11-5-3-6-12(9-11)18-2/h3,5-6,9H,4,7-8,15H2,1-2H3,(H,16,17). The fourth-order valence-electron chi connectivity index (χ4n) is 1.96. The summed E-state index contributed by atoms with van der Waals surface area (Å²) in [7, 11) is 1.67. The van der Waals surface area contributed by atoms with E-state index in [4.69, 9.17) is 10.5 Å². The number of nitrogens with one attached hydrogen (secondary N) is 1. The maximum Gasteiger partial charge on any atom is 0.119 e. The van der Waals surface area contributed by atoms with E-state index in [1.807, 2.05) is 31.2 Å². The van der Waals surface area contributed by atoms with Crippen LogP contribution in [-0.4, -0.2) is 23.6 Å². The van der Waals surface area contributed by atoms with Crippen molar-refractivity contribution in [3.63, 3.8) is 0 Å². The highest BCUT2D eigenvalue weighted by atomic mass is 16.5. The Kier molecular flexibility index (Phi) is 3.99. The minimum atomic E-state index is 0.689. The molecule has 2 rings (SSSR count). The normalized spacial score (nSPS) is 10.6. The molecule has 0 unspecified atom stereocenters. The molecule has 0 saturated heterocycles. The van der Waals surface area contributed by atoms with Crippen LogP contribution in [0.25, 0.3) is 11.3 Å². The number of hydrogen-bond acceptors (Lipinski definition) is 3. The molecule has 3 N–H and O–H groups in total. The molecule has 1 aromatic heterocycles. The topological polar surface area (TPSA) is 63.9 Å². The van der Waals surface area contributed by atoms with Gasteiger partial charge in [-0.3, -0.25) is 0 Å². The van der Waals surface area contributed by atoms with E-state index in [1.54, 1.807) is 7.11 Å². The van der Waals surface area contributed by atoms with E-state index in [0.29, 0.717) is 6.54 Å². The Labute approximate surface area is 107 Å². The molecule has 2 aromatic rings. The number of benzene rings is 1. The number of ether oxygens (including phenoxy) is 1. The summed E-state index contributed by atoms with van der Waals surface area (Å²) < 4.78 is 5.23. The number of aromatic nitrogens is 2. The third-order valence-electron chi connectivity index (χ3n) is 2.89. The zero-order chi connectivity index (χ0) is 13.0. The van der Waals surface area contributed by atoms with E-state index >= 15 is 0 Å². The van der Waals surface area contributed by atoms with Gasteiger partial charge in [0.2, 0.25) is 0 Å². The number of aryl methyl sites for hydroxylation is 2. The second-order valence-electron chi connectivity index (χ2n) is 4.28. The van der Waals surface area contributed by atoms with Gasteiger partial charge in [-0.05, 0) is 32.0 Å². The molecule has 0 aliphatic heterocycles. The van der Waals surface area contributed by atoms with Crippen LogP contribution in [0.3, 0.4) is 0 Å². The van der Waals surface area contributed by atoms with Gasteiger partial charge in [0, 0.05) is 17.7 Å². The summed E-state index contributed by atoms with van der Waals surface area (Å²) in [6.07, 6.45) is 1.84. The van der Waals surface area contributed by atoms with Crippen molar-refractivity contribution >= 4 is 0 Å². The van der Waals surface area contributed by atoms with Gasteiger partial charge in [0.05, 0.1) is 12.8 Å². The average molecular weight is 245 g/mol. The molecule has 1 heterocycles. The molecule has 0 aliphatic carbocycles. The number of nitrogens with two attached hydrogens (primary N) is 1. The van der Waals surface area contributed by atoms with Gasteiger partial charge in [-0.25, -0.2) is 4.98 Å². The molecule has 0 fully saturated rings. The first kappa shape index (κ1) is 12.6. The Morgan fingerprint density at radius 3 is 2.94 bits per heavy atom. The Morgan fingerprint density at radius 2 is 2.22 bits per heavy atom. The third-order valence-corrected chi connectivity index (χ3v) is 2.89. The second kappa shape index (κ2) is 5.69. The molecular weight excluding hydrogens is 226 g/mol. The Hall–Kier alpha value is -1.81. The van der Waals surface area contributed by atoms with Crippen molar-refractivity contribution in [3.8, 4) is 17.0 Å². The highest BCUT2D eigenvalue weighted by molar-refractivity contribution is 5.63. The van der Waals surface area contributed by atoms with Gasteiger partial charge in [0.25, 0.3) is 0 Å². The summed E-state index contributed by atoms with van der Waals surface area (Å²) in [4.78, 5) is 7.93. The molecular formula is C14H19N3O. The lowest BCUT2D eigenvalue weighted by molar-refractivity contribution is 0.415. The van der Waals surface area contributed by atoms with Crippen LogP contribution < -0.4 is 10.5 Å². The van der Waals surface area contributed by atoms with Gasteiger partial charge in [0.1, 0.15) is 11.6 Å². The van der Waals surface area contributed by atoms with Gasteiger partial charge in [-0.2, -0.15) is 0 Å². The summed E-state index contributed by atoms with van der Waals surface area (Å²) in [5.74, 6) is 1.84. The number of H-pyrrole nitrogens is 1. The van der Waals surface area contributed by atoms with Crippen molar-refractivity contribution in [2.45, 2.75) is 19.8 Å². The first-order chi connectivity index (χ1) is 8.74. The van der Waals surface area contributed by atoms with Gasteiger partial charge >= 0.3 is 0 Å². The van der Waals surface area contributed by atoms with E-state index in [-0.39, 0.29) is 0 Å². The lowest BCUT2D eigenvalue weighted by Gasteiger charge is -2.02. The fourth-order valence-corrected chi connectivity index (χ4v) is 1.96. The summed E-state index contributed by atoms with van der Waals surface area (Å²) in [6.45, 7) is 2.72. The van der Waals surface area contributed by atoms with E-state index in [2.05, 4.69) is 9.97 Å². The lowest BCUT2D eigenvalue weighted by atomic mass is 10.1. The molecule has 0 aliphatic rings. The summed E-state index contributed by atoms with van der Waals surface area (Å²) in [6, 6.07) is 7.94. The number of rotatable bonds is 5. The summed E-state index contributed by atoms with van der Waals surface area (Å²) in [5.41, 5.74) is 8.65. The van der Waals surface area contributed by atoms with Gasteiger partial charge in [0.15, 0.2) is 0 Å². The van der Waals surface area contributed by atoms with Crippen molar-refractivity contribution in [1.29, 1.82) is 0 Å². The van der Waals surface area contributed by atoms with Crippen LogP contribution in [-0.2, 0) is 6.42 Å². The smallest absolute Gasteiger partial charge is 0.119 e. The third kappa shape index (κ3) is 2.71. The predicted molar refractivity (Wildman–Crippen MR) is 72.7 cm³/mol. The summed E-state index contributed by atoms with van der Waals surface area (Å²) in [5, 5.41) is 0. The Bertz CT molecular complexity index is 520. The maximum absolute atomic E-state index is 5.51. The molecule has 0 bridgehead atoms. The first-order valence-corrected chi connectivity index (χ1v) is 6.14. The number of imidazole rings is 1. The van der Waals surface area contributed by atoms with Crippen LogP contribution in [0.5, 0.6) is 5.75 Å². The van der Waals surface area contributed by atoms with Crippen molar-refractivity contribution in [2.24, 2.45) is 5.73 Å². The van der Waals surface area contributed by atoms with E-state index < -0.39 is 0 Å². The molecule has 1 aromatic carbocycles. The minimum absolute atomic E-state index is 0.689. The molecule has 0 saturated carbocycles. The van der Waals surface area contributed by atoms with Gasteiger partial charge in [-0.15, -0.1) is 0 Å². The molecule has 0 atom stereocenters. The van der Waals surface area contributed by atoms with Gasteiger partial charge in [-0.1, -0.05) is 12.1 Å². The van der Waals surface area contributed by atoms with Crippen LogP contribution >= 0.6 is 0 Å². The minimum Gasteiger partial charge on any atom is -0.497 e. The Balaban J connectivity index is 2.29. The largest absolute Gasteiger partial charge is 0.497 e. The molecule has 4 nitrogen and oxygen atoms in total. The predicted octanol–water partition coefficient (Wildman–Crippen LogP) is 2.29. The van der Waals surface area contributed by atoms with Gasteiger partial charge < -0.3 is 15.5 Å². The van der Waals surface area contributed by atoms with E-state index in [1.165, 1.54) is 0 Å². The molecule has 18 heavy (non-hydrogen) atoms. The number of methoxy groups -OCH3 is 1. The van der Waals surface area contributed by atoms with Crippen LogP contribution in [0.2, 0.25) is 0 Å². The molecule has 96 valence electrons. The number of nitrogens with zero attached hydrogens (tertiary/aromatic N) is 1. The molecule has 0 spiro atoms. The van der Waals surface area contributed by atoms with E-state index in [0.717, 1.165) is 41.4 Å².